The van der Waals surface area contributed by atoms with Crippen molar-refractivity contribution < 1.29 is 4.79 Å². The number of nitrogens with two attached hydrogens (primary N) is 1. The van der Waals surface area contributed by atoms with Gasteiger partial charge in [0.1, 0.15) is 0 Å². The van der Waals surface area contributed by atoms with E-state index in [0.29, 0.717) is 0 Å². The van der Waals surface area contributed by atoms with Crippen molar-refractivity contribution >= 4 is 5.91 Å². The first-order valence-electron chi connectivity index (χ1n) is 4.82. The van der Waals surface area contributed by atoms with Gasteiger partial charge in [-0.3, -0.25) is 4.79 Å². The van der Waals surface area contributed by atoms with Gasteiger partial charge in [0.05, 0.1) is 6.04 Å². The van der Waals surface area contributed by atoms with Crippen molar-refractivity contribution in [3.05, 3.63) is 0 Å². The summed E-state index contributed by atoms with van der Waals surface area (Å²) in [6, 6.07) is -0.412. The molecule has 1 fully saturated rings. The third-order valence-corrected chi connectivity index (χ3v) is 2.64. The summed E-state index contributed by atoms with van der Waals surface area (Å²) in [5.41, 5.74) is 5.70. The minimum absolute atomic E-state index is 0.0208. The summed E-state index contributed by atoms with van der Waals surface area (Å²) in [5, 5.41) is 2.97. The molecule has 13 heavy (non-hydrogen) atoms. The van der Waals surface area contributed by atoms with Gasteiger partial charge < -0.3 is 11.1 Å². The molecule has 3 heteroatoms. The molecule has 3 N–H and O–H groups in total. The molecule has 1 atom stereocenters. The first kappa shape index (κ1) is 10.5. The second kappa shape index (κ2) is 2.98. The fraction of sp³-hybridized carbons (Fsp3) is 0.900. The Morgan fingerprint density at radius 1 is 1.46 bits per heavy atom. The predicted octanol–water partition coefficient (Wildman–Crippen LogP) is 1.03. The number of carbonyl (C=O) groups is 1. The normalized spacial score (nSPS) is 22.2. The number of hydrogen-bond donors (Lipinski definition) is 2. The van der Waals surface area contributed by atoms with Gasteiger partial charge in [-0.25, -0.2) is 0 Å². The molecule has 1 rings (SSSR count). The number of hydrogen-bond acceptors (Lipinski definition) is 2. The van der Waals surface area contributed by atoms with Crippen LogP contribution in [0.2, 0.25) is 0 Å². The minimum Gasteiger partial charge on any atom is -0.350 e. The van der Waals surface area contributed by atoms with Crippen molar-refractivity contribution in [2.24, 2.45) is 11.1 Å². The highest BCUT2D eigenvalue weighted by Crippen LogP contribution is 2.34. The van der Waals surface area contributed by atoms with Crippen LogP contribution in [0.5, 0.6) is 0 Å². The topological polar surface area (TPSA) is 55.1 Å². The average Bonchev–Trinajstić information content (AvgIpc) is 2.64. The Bertz CT molecular complexity index is 213. The monoisotopic (exact) mass is 184 g/mol. The van der Waals surface area contributed by atoms with Crippen LogP contribution < -0.4 is 11.1 Å². The highest BCUT2D eigenvalue weighted by Gasteiger charge is 2.41. The Morgan fingerprint density at radius 2 is 1.92 bits per heavy atom. The molecular formula is C10H20N2O. The highest BCUT2D eigenvalue weighted by atomic mass is 16.2. The maximum atomic E-state index is 11.6. The molecule has 1 aliphatic rings. The molecule has 0 aliphatic heterocycles. The van der Waals surface area contributed by atoms with Crippen LogP contribution in [-0.2, 0) is 4.79 Å². The zero-order valence-corrected chi connectivity index (χ0v) is 8.98. The van der Waals surface area contributed by atoms with E-state index in [4.69, 9.17) is 5.73 Å². The van der Waals surface area contributed by atoms with Gasteiger partial charge in [-0.05, 0) is 25.2 Å². The maximum Gasteiger partial charge on any atom is 0.237 e. The molecule has 76 valence electrons. The number of rotatable bonds is 2. The van der Waals surface area contributed by atoms with Crippen LogP contribution in [0.15, 0.2) is 0 Å². The quantitative estimate of drug-likeness (QED) is 0.673. The first-order valence-corrected chi connectivity index (χ1v) is 4.82. The van der Waals surface area contributed by atoms with Gasteiger partial charge in [-0.1, -0.05) is 20.8 Å². The standard InChI is InChI=1S/C10H20N2O/c1-9(2,3)7(11)8(13)12-10(4)5-6-10/h7H,5-6,11H2,1-4H3,(H,12,13). The van der Waals surface area contributed by atoms with E-state index in [1.807, 2.05) is 20.8 Å². The molecule has 0 saturated heterocycles. The second-order valence-corrected chi connectivity index (χ2v) is 5.39. The summed E-state index contributed by atoms with van der Waals surface area (Å²) in [5.74, 6) is -0.0208. The zero-order chi connectivity index (χ0) is 10.3. The van der Waals surface area contributed by atoms with Crippen LogP contribution in [0.3, 0.4) is 0 Å². The van der Waals surface area contributed by atoms with Gasteiger partial charge in [0.2, 0.25) is 5.91 Å². The maximum absolute atomic E-state index is 11.6. The first-order chi connectivity index (χ1) is 5.75. The van der Waals surface area contributed by atoms with E-state index in [0.717, 1.165) is 12.8 Å². The number of amides is 1. The van der Waals surface area contributed by atoms with Crippen molar-refractivity contribution in [3.63, 3.8) is 0 Å². The SMILES string of the molecule is CC1(NC(=O)C(N)C(C)(C)C)CC1. The Morgan fingerprint density at radius 3 is 2.23 bits per heavy atom. The summed E-state index contributed by atoms with van der Waals surface area (Å²) >= 11 is 0. The molecule has 0 aromatic rings. The Hall–Kier alpha value is -0.570. The lowest BCUT2D eigenvalue weighted by Crippen LogP contribution is -2.51. The van der Waals surface area contributed by atoms with E-state index in [2.05, 4.69) is 12.2 Å². The van der Waals surface area contributed by atoms with Crippen molar-refractivity contribution in [2.75, 3.05) is 0 Å². The smallest absolute Gasteiger partial charge is 0.237 e. The van der Waals surface area contributed by atoms with E-state index in [-0.39, 0.29) is 16.9 Å². The second-order valence-electron chi connectivity index (χ2n) is 5.39. The zero-order valence-electron chi connectivity index (χ0n) is 8.98. The molecule has 1 saturated carbocycles. The fourth-order valence-corrected chi connectivity index (χ4v) is 1.08. The van der Waals surface area contributed by atoms with Crippen molar-refractivity contribution in [3.8, 4) is 0 Å². The van der Waals surface area contributed by atoms with Crippen LogP contribution in [0.25, 0.3) is 0 Å². The van der Waals surface area contributed by atoms with Gasteiger partial charge in [0.25, 0.3) is 0 Å². The minimum atomic E-state index is -0.412. The van der Waals surface area contributed by atoms with E-state index >= 15 is 0 Å². The van der Waals surface area contributed by atoms with E-state index in [1.54, 1.807) is 0 Å². The Kier molecular flexibility index (Phi) is 2.41. The molecule has 0 heterocycles. The Balaban J connectivity index is 2.48. The molecule has 3 nitrogen and oxygen atoms in total. The van der Waals surface area contributed by atoms with Crippen molar-refractivity contribution in [2.45, 2.75) is 52.1 Å². The molecule has 0 spiro atoms. The molecule has 0 aromatic heterocycles. The van der Waals surface area contributed by atoms with Gasteiger partial charge in [0.15, 0.2) is 0 Å². The van der Waals surface area contributed by atoms with E-state index in [1.165, 1.54) is 0 Å². The van der Waals surface area contributed by atoms with Gasteiger partial charge in [-0.15, -0.1) is 0 Å². The lowest BCUT2D eigenvalue weighted by Gasteiger charge is -2.27. The molecule has 0 bridgehead atoms. The van der Waals surface area contributed by atoms with E-state index in [9.17, 15) is 4.79 Å². The van der Waals surface area contributed by atoms with Crippen LogP contribution in [-0.4, -0.2) is 17.5 Å². The number of nitrogens with one attached hydrogen (secondary N) is 1. The van der Waals surface area contributed by atoms with Crippen LogP contribution in [0.4, 0.5) is 0 Å². The third kappa shape index (κ3) is 2.69. The summed E-state index contributed by atoms with van der Waals surface area (Å²) < 4.78 is 0. The molecule has 1 aliphatic carbocycles. The lowest BCUT2D eigenvalue weighted by atomic mass is 9.87. The average molecular weight is 184 g/mol. The molecule has 1 amide bonds. The molecule has 0 radical (unpaired) electrons. The Labute approximate surface area is 80.1 Å². The third-order valence-electron chi connectivity index (χ3n) is 2.64. The summed E-state index contributed by atoms with van der Waals surface area (Å²) in [6.07, 6.45) is 2.16. The lowest BCUT2D eigenvalue weighted by molar-refractivity contribution is -0.125. The van der Waals surface area contributed by atoms with Crippen LogP contribution in [0, 0.1) is 5.41 Å². The largest absolute Gasteiger partial charge is 0.350 e. The van der Waals surface area contributed by atoms with Gasteiger partial charge in [-0.2, -0.15) is 0 Å². The summed E-state index contributed by atoms with van der Waals surface area (Å²) in [6.45, 7) is 7.99. The summed E-state index contributed by atoms with van der Waals surface area (Å²) in [4.78, 5) is 11.6. The number of carbonyl (C=O) groups excluding carboxylic acids is 1. The van der Waals surface area contributed by atoms with E-state index < -0.39 is 6.04 Å². The summed E-state index contributed by atoms with van der Waals surface area (Å²) in [7, 11) is 0. The van der Waals surface area contributed by atoms with Crippen LogP contribution in [0.1, 0.15) is 40.5 Å². The molecule has 1 unspecified atom stereocenters. The highest BCUT2D eigenvalue weighted by molar-refractivity contribution is 5.83. The molecular weight excluding hydrogens is 164 g/mol. The van der Waals surface area contributed by atoms with Crippen molar-refractivity contribution in [1.29, 1.82) is 0 Å². The van der Waals surface area contributed by atoms with Crippen molar-refractivity contribution in [1.82, 2.24) is 5.32 Å². The fourth-order valence-electron chi connectivity index (χ4n) is 1.08. The predicted molar refractivity (Wildman–Crippen MR) is 53.2 cm³/mol. The molecule has 0 aromatic carbocycles. The van der Waals surface area contributed by atoms with Gasteiger partial charge in [0, 0.05) is 5.54 Å². The van der Waals surface area contributed by atoms with Crippen LogP contribution >= 0.6 is 0 Å². The van der Waals surface area contributed by atoms with Gasteiger partial charge >= 0.3 is 0 Å².